The molecule has 0 spiro atoms. The summed E-state index contributed by atoms with van der Waals surface area (Å²) in [6.07, 6.45) is 3.12. The molecular weight excluding hydrogens is 544 g/mol. The number of fused-ring (bicyclic) bond motifs is 1. The number of hydrogen-bond acceptors (Lipinski definition) is 6. The molecule has 2 aliphatic heterocycles. The number of carboxylic acid groups (broad SMARTS) is 1. The third-order valence-corrected chi connectivity index (χ3v) is 8.18. The highest BCUT2D eigenvalue weighted by Crippen LogP contribution is 2.40. The largest absolute Gasteiger partial charge is 0.481 e. The molecule has 5 rings (SSSR count). The van der Waals surface area contributed by atoms with Gasteiger partial charge in [0.05, 0.1) is 19.3 Å². The molecule has 2 aliphatic rings. The van der Waals surface area contributed by atoms with E-state index in [1.807, 2.05) is 41.3 Å². The Morgan fingerprint density at radius 1 is 0.930 bits per heavy atom. The van der Waals surface area contributed by atoms with E-state index in [0.29, 0.717) is 24.1 Å². The van der Waals surface area contributed by atoms with Crippen LogP contribution in [0.4, 0.5) is 22.7 Å². The lowest BCUT2D eigenvalue weighted by atomic mass is 9.90. The minimum atomic E-state index is -0.774. The summed E-state index contributed by atoms with van der Waals surface area (Å²) >= 11 is 0. The second-order valence-corrected chi connectivity index (χ2v) is 11.3. The Labute approximate surface area is 252 Å². The Morgan fingerprint density at radius 2 is 1.63 bits per heavy atom. The van der Waals surface area contributed by atoms with E-state index in [1.165, 1.54) is 5.69 Å². The molecule has 1 saturated heterocycles. The number of aliphatic carboxylic acids is 1. The van der Waals surface area contributed by atoms with Crippen molar-refractivity contribution >= 4 is 40.5 Å². The molecule has 3 aromatic carbocycles. The van der Waals surface area contributed by atoms with Crippen LogP contribution in [0.3, 0.4) is 0 Å². The van der Waals surface area contributed by atoms with Gasteiger partial charge in [-0.3, -0.25) is 14.4 Å². The average molecular weight is 585 g/mol. The predicted octanol–water partition coefficient (Wildman–Crippen LogP) is 5.87. The molecule has 2 unspecified atom stereocenters. The molecule has 0 bridgehead atoms. The summed E-state index contributed by atoms with van der Waals surface area (Å²) in [5.41, 5.74) is 6.18. The van der Waals surface area contributed by atoms with Gasteiger partial charge >= 0.3 is 5.97 Å². The number of morpholine rings is 1. The molecule has 9 nitrogen and oxygen atoms in total. The molecule has 1 fully saturated rings. The van der Waals surface area contributed by atoms with Crippen molar-refractivity contribution in [3.8, 4) is 0 Å². The van der Waals surface area contributed by atoms with Gasteiger partial charge in [-0.15, -0.1) is 0 Å². The number of carboxylic acids is 1. The third kappa shape index (κ3) is 7.53. The van der Waals surface area contributed by atoms with Crippen LogP contribution < -0.4 is 20.4 Å². The number of carbonyl (C=O) groups is 3. The zero-order chi connectivity index (χ0) is 30.3. The van der Waals surface area contributed by atoms with Crippen molar-refractivity contribution in [3.63, 3.8) is 0 Å². The van der Waals surface area contributed by atoms with Gasteiger partial charge in [-0.1, -0.05) is 12.1 Å². The number of amides is 2. The van der Waals surface area contributed by atoms with Gasteiger partial charge in [-0.25, -0.2) is 0 Å². The standard InChI is InChI=1S/C34H40N4O5/c1-23-21-31(35-27-12-14-29(15-13-27)37-17-19-43-20-18-37)30-22-26(9-16-32(30)38(23)24(2)39)34(42)36-28-10-7-25(8-11-28)5-3-4-6-33(40)41/h7-16,22-23,31,35H,3-6,17-21H2,1-2H3,(H,36,42)(H,40,41). The van der Waals surface area contributed by atoms with Crippen molar-refractivity contribution in [2.24, 2.45) is 0 Å². The number of unbranched alkanes of at least 4 members (excludes halogenated alkanes) is 1. The normalized spacial score (nSPS) is 18.1. The van der Waals surface area contributed by atoms with Gasteiger partial charge in [0.1, 0.15) is 0 Å². The number of ether oxygens (including phenoxy) is 1. The molecule has 0 radical (unpaired) electrons. The van der Waals surface area contributed by atoms with E-state index in [0.717, 1.165) is 61.6 Å². The summed E-state index contributed by atoms with van der Waals surface area (Å²) < 4.78 is 5.48. The Bertz CT molecular complexity index is 1430. The van der Waals surface area contributed by atoms with Crippen molar-refractivity contribution in [2.45, 2.75) is 58.0 Å². The van der Waals surface area contributed by atoms with Crippen LogP contribution >= 0.6 is 0 Å². The van der Waals surface area contributed by atoms with Gasteiger partial charge in [0.25, 0.3) is 5.91 Å². The number of hydrogen-bond donors (Lipinski definition) is 3. The fraction of sp³-hybridized carbons (Fsp3) is 0.382. The van der Waals surface area contributed by atoms with E-state index >= 15 is 0 Å². The SMILES string of the molecule is CC(=O)N1c2ccc(C(=O)Nc3ccc(CCCCC(=O)O)cc3)cc2C(Nc2ccc(N3CCOCC3)cc2)CC1C. The molecule has 2 amide bonds. The van der Waals surface area contributed by atoms with E-state index in [-0.39, 0.29) is 30.3 Å². The number of rotatable bonds is 10. The molecule has 0 aliphatic carbocycles. The first kappa shape index (κ1) is 30.1. The van der Waals surface area contributed by atoms with E-state index in [2.05, 4.69) is 46.7 Å². The molecular formula is C34H40N4O5. The highest BCUT2D eigenvalue weighted by atomic mass is 16.5. The second kappa shape index (κ2) is 13.7. The number of aryl methyl sites for hydroxylation is 1. The lowest BCUT2D eigenvalue weighted by Gasteiger charge is -2.39. The molecule has 0 aromatic heterocycles. The maximum absolute atomic E-state index is 13.3. The number of nitrogens with one attached hydrogen (secondary N) is 2. The lowest BCUT2D eigenvalue weighted by molar-refractivity contribution is -0.137. The van der Waals surface area contributed by atoms with Crippen LogP contribution in [-0.2, 0) is 20.7 Å². The predicted molar refractivity (Wildman–Crippen MR) is 169 cm³/mol. The molecule has 3 N–H and O–H groups in total. The first-order valence-electron chi connectivity index (χ1n) is 15.0. The van der Waals surface area contributed by atoms with Crippen molar-refractivity contribution in [3.05, 3.63) is 83.4 Å². The number of carbonyl (C=O) groups excluding carboxylic acids is 2. The Hall–Kier alpha value is -4.37. The maximum Gasteiger partial charge on any atom is 0.303 e. The topological polar surface area (TPSA) is 111 Å². The minimum Gasteiger partial charge on any atom is -0.481 e. The summed E-state index contributed by atoms with van der Waals surface area (Å²) in [7, 11) is 0. The van der Waals surface area contributed by atoms with Crippen molar-refractivity contribution in [1.82, 2.24) is 0 Å². The molecule has 9 heteroatoms. The van der Waals surface area contributed by atoms with Crippen LogP contribution in [0.2, 0.25) is 0 Å². The van der Waals surface area contributed by atoms with Gasteiger partial charge in [0.2, 0.25) is 5.91 Å². The zero-order valence-corrected chi connectivity index (χ0v) is 24.8. The van der Waals surface area contributed by atoms with Crippen LogP contribution in [0.5, 0.6) is 0 Å². The lowest BCUT2D eigenvalue weighted by Crippen LogP contribution is -2.43. The van der Waals surface area contributed by atoms with Crippen molar-refractivity contribution in [1.29, 1.82) is 0 Å². The maximum atomic E-state index is 13.3. The van der Waals surface area contributed by atoms with Crippen LogP contribution in [-0.4, -0.2) is 55.2 Å². The van der Waals surface area contributed by atoms with E-state index in [1.54, 1.807) is 13.0 Å². The van der Waals surface area contributed by atoms with E-state index < -0.39 is 5.97 Å². The van der Waals surface area contributed by atoms with Crippen LogP contribution in [0.15, 0.2) is 66.7 Å². The summed E-state index contributed by atoms with van der Waals surface area (Å²) in [4.78, 5) is 40.8. The van der Waals surface area contributed by atoms with Gasteiger partial charge in [-0.2, -0.15) is 0 Å². The monoisotopic (exact) mass is 584 g/mol. The second-order valence-electron chi connectivity index (χ2n) is 11.3. The smallest absolute Gasteiger partial charge is 0.303 e. The number of benzene rings is 3. The Kier molecular flexibility index (Phi) is 9.61. The van der Waals surface area contributed by atoms with Gasteiger partial charge in [0, 0.05) is 60.8 Å². The van der Waals surface area contributed by atoms with E-state index in [9.17, 15) is 14.4 Å². The Morgan fingerprint density at radius 3 is 2.30 bits per heavy atom. The molecule has 2 atom stereocenters. The summed E-state index contributed by atoms with van der Waals surface area (Å²) in [5.74, 6) is -1.02. The fourth-order valence-electron chi connectivity index (χ4n) is 5.98. The first-order valence-corrected chi connectivity index (χ1v) is 15.0. The van der Waals surface area contributed by atoms with Crippen molar-refractivity contribution < 1.29 is 24.2 Å². The van der Waals surface area contributed by atoms with Crippen LogP contribution in [0, 0.1) is 0 Å². The zero-order valence-electron chi connectivity index (χ0n) is 24.8. The molecule has 2 heterocycles. The summed E-state index contributed by atoms with van der Waals surface area (Å²) in [5, 5.41) is 15.5. The third-order valence-electron chi connectivity index (χ3n) is 8.18. The van der Waals surface area contributed by atoms with Crippen molar-refractivity contribution in [2.75, 3.05) is 46.7 Å². The molecule has 0 saturated carbocycles. The fourth-order valence-corrected chi connectivity index (χ4v) is 5.98. The molecule has 43 heavy (non-hydrogen) atoms. The quantitative estimate of drug-likeness (QED) is 0.256. The number of anilines is 4. The minimum absolute atomic E-state index is 0.00237. The average Bonchev–Trinajstić information content (AvgIpc) is 3.00. The number of nitrogens with zero attached hydrogens (tertiary/aromatic N) is 2. The summed E-state index contributed by atoms with van der Waals surface area (Å²) in [6.45, 7) is 6.86. The highest BCUT2D eigenvalue weighted by Gasteiger charge is 2.33. The first-order chi connectivity index (χ1) is 20.8. The van der Waals surface area contributed by atoms with Gasteiger partial charge in [0.15, 0.2) is 0 Å². The summed E-state index contributed by atoms with van der Waals surface area (Å²) in [6, 6.07) is 21.5. The molecule has 226 valence electrons. The highest BCUT2D eigenvalue weighted by molar-refractivity contribution is 6.05. The van der Waals surface area contributed by atoms with E-state index in [4.69, 9.17) is 9.84 Å². The van der Waals surface area contributed by atoms with Crippen LogP contribution in [0.1, 0.15) is 67.1 Å². The van der Waals surface area contributed by atoms with Crippen LogP contribution in [0.25, 0.3) is 0 Å². The van der Waals surface area contributed by atoms with Gasteiger partial charge in [-0.05, 0) is 98.3 Å². The Balaban J connectivity index is 1.30. The molecule has 3 aromatic rings. The van der Waals surface area contributed by atoms with Gasteiger partial charge < -0.3 is 30.3 Å².